The van der Waals surface area contributed by atoms with E-state index in [1.807, 2.05) is 0 Å². The van der Waals surface area contributed by atoms with Gasteiger partial charge in [-0.1, -0.05) is 109 Å². The molecular weight excluding hydrogens is 388 g/mol. The van der Waals surface area contributed by atoms with Crippen molar-refractivity contribution in [3.63, 3.8) is 0 Å². The molecule has 0 saturated carbocycles. The summed E-state index contributed by atoms with van der Waals surface area (Å²) in [6.45, 7) is 9.96. The van der Waals surface area contributed by atoms with Crippen LogP contribution in [0.5, 0.6) is 0 Å². The van der Waals surface area contributed by atoms with Gasteiger partial charge in [0, 0.05) is 11.1 Å². The molecule has 0 fully saturated rings. The summed E-state index contributed by atoms with van der Waals surface area (Å²) in [5.74, 6) is 0. The van der Waals surface area contributed by atoms with Gasteiger partial charge < -0.3 is 0 Å². The van der Waals surface area contributed by atoms with E-state index in [4.69, 9.17) is 0 Å². The lowest BCUT2D eigenvalue weighted by Crippen LogP contribution is -2.42. The molecule has 2 aliphatic rings. The van der Waals surface area contributed by atoms with Crippen LogP contribution in [0.4, 0.5) is 0 Å². The summed E-state index contributed by atoms with van der Waals surface area (Å²) in [4.78, 5) is 0. The van der Waals surface area contributed by atoms with Crippen LogP contribution < -0.4 is 0 Å². The molecule has 0 nitrogen and oxygen atoms in total. The highest BCUT2D eigenvalue weighted by molar-refractivity contribution is 6.81. The molecule has 0 saturated heterocycles. The SMILES string of the molecule is CC1=Cc2c(ccc3ccccc23)C1[Si](C)(C)C1C(C)=Cc2c1ccc1ccccc21. The molecule has 0 radical (unpaired) electrons. The van der Waals surface area contributed by atoms with Crippen molar-refractivity contribution in [2.75, 3.05) is 0 Å². The van der Waals surface area contributed by atoms with Crippen molar-refractivity contribution in [2.24, 2.45) is 0 Å². The molecule has 152 valence electrons. The molecule has 0 aliphatic heterocycles. The van der Waals surface area contributed by atoms with Crippen LogP contribution in [0.15, 0.2) is 83.9 Å². The number of fused-ring (bicyclic) bond motifs is 6. The summed E-state index contributed by atoms with van der Waals surface area (Å²) in [5, 5.41) is 5.49. The van der Waals surface area contributed by atoms with Crippen molar-refractivity contribution in [3.05, 3.63) is 106 Å². The molecule has 2 aliphatic carbocycles. The molecule has 6 rings (SSSR count). The van der Waals surface area contributed by atoms with E-state index in [9.17, 15) is 0 Å². The van der Waals surface area contributed by atoms with E-state index >= 15 is 0 Å². The quantitative estimate of drug-likeness (QED) is 0.287. The van der Waals surface area contributed by atoms with Crippen LogP contribution >= 0.6 is 0 Å². The minimum absolute atomic E-state index is 0.554. The molecule has 1 heteroatoms. The zero-order valence-electron chi connectivity index (χ0n) is 18.7. The van der Waals surface area contributed by atoms with Crippen LogP contribution in [-0.4, -0.2) is 8.07 Å². The van der Waals surface area contributed by atoms with Gasteiger partial charge in [0.05, 0.1) is 8.07 Å². The monoisotopic (exact) mass is 416 g/mol. The Bertz CT molecular complexity index is 1320. The molecule has 2 unspecified atom stereocenters. The van der Waals surface area contributed by atoms with Crippen molar-refractivity contribution in [3.8, 4) is 0 Å². The normalized spacial score (nSPS) is 20.0. The van der Waals surface area contributed by atoms with Gasteiger partial charge in [-0.05, 0) is 57.6 Å². The van der Waals surface area contributed by atoms with E-state index in [1.54, 1.807) is 22.3 Å². The highest BCUT2D eigenvalue weighted by atomic mass is 28.3. The molecule has 0 heterocycles. The van der Waals surface area contributed by atoms with Crippen molar-refractivity contribution in [1.82, 2.24) is 0 Å². The van der Waals surface area contributed by atoms with E-state index in [2.05, 4.69) is 112 Å². The number of hydrogen-bond acceptors (Lipinski definition) is 0. The fourth-order valence-electron chi connectivity index (χ4n) is 6.70. The molecule has 2 atom stereocenters. The third-order valence-corrected chi connectivity index (χ3v) is 12.3. The average molecular weight is 417 g/mol. The summed E-state index contributed by atoms with van der Waals surface area (Å²) in [5.41, 5.74) is 10.2. The van der Waals surface area contributed by atoms with Crippen LogP contribution in [0.2, 0.25) is 13.1 Å². The number of rotatable bonds is 2. The van der Waals surface area contributed by atoms with Gasteiger partial charge in [-0.25, -0.2) is 0 Å². The highest BCUT2D eigenvalue weighted by Crippen LogP contribution is 2.53. The zero-order valence-corrected chi connectivity index (χ0v) is 19.7. The Labute approximate surface area is 185 Å². The Hall–Kier alpha value is -2.90. The van der Waals surface area contributed by atoms with Crippen molar-refractivity contribution >= 4 is 41.8 Å². The van der Waals surface area contributed by atoms with E-state index in [-0.39, 0.29) is 0 Å². The molecule has 31 heavy (non-hydrogen) atoms. The maximum atomic E-state index is 2.62. The number of allylic oxidation sites excluding steroid dienone is 2. The van der Waals surface area contributed by atoms with Crippen molar-refractivity contribution in [1.29, 1.82) is 0 Å². The Morgan fingerprint density at radius 2 is 0.968 bits per heavy atom. The first kappa shape index (κ1) is 18.8. The van der Waals surface area contributed by atoms with E-state index < -0.39 is 8.07 Å². The van der Waals surface area contributed by atoms with Gasteiger partial charge in [-0.15, -0.1) is 0 Å². The van der Waals surface area contributed by atoms with Crippen LogP contribution in [-0.2, 0) is 0 Å². The lowest BCUT2D eigenvalue weighted by atomic mass is 10.0. The van der Waals surface area contributed by atoms with Crippen molar-refractivity contribution in [2.45, 2.75) is 38.0 Å². The Kier molecular flexibility index (Phi) is 3.98. The van der Waals surface area contributed by atoms with Gasteiger partial charge in [0.25, 0.3) is 0 Å². The molecule has 0 bridgehead atoms. The zero-order chi connectivity index (χ0) is 21.3. The fourth-order valence-corrected chi connectivity index (χ4v) is 11.7. The van der Waals surface area contributed by atoms with Gasteiger partial charge in [-0.3, -0.25) is 0 Å². The van der Waals surface area contributed by atoms with E-state index in [0.717, 1.165) is 0 Å². The third-order valence-electron chi connectivity index (χ3n) is 7.77. The van der Waals surface area contributed by atoms with E-state index in [1.165, 1.54) is 32.7 Å². The second-order valence-corrected chi connectivity index (χ2v) is 14.8. The summed E-state index contributed by atoms with van der Waals surface area (Å²) in [6.07, 6.45) is 4.96. The Morgan fingerprint density at radius 1 is 0.548 bits per heavy atom. The molecule has 0 spiro atoms. The van der Waals surface area contributed by atoms with Gasteiger partial charge in [0.1, 0.15) is 0 Å². The largest absolute Gasteiger partial charge is 0.0722 e. The van der Waals surface area contributed by atoms with Crippen molar-refractivity contribution < 1.29 is 0 Å². The lowest BCUT2D eigenvalue weighted by molar-refractivity contribution is 0.970. The minimum atomic E-state index is -1.78. The van der Waals surface area contributed by atoms with E-state index in [0.29, 0.717) is 11.1 Å². The third kappa shape index (κ3) is 2.60. The van der Waals surface area contributed by atoms with Crippen LogP contribution in [0.25, 0.3) is 33.7 Å². The number of hydrogen-bond donors (Lipinski definition) is 0. The van der Waals surface area contributed by atoms with Gasteiger partial charge in [-0.2, -0.15) is 0 Å². The molecular formula is C30H28Si. The summed E-state index contributed by atoms with van der Waals surface area (Å²) in [6, 6.07) is 27.2. The number of benzene rings is 4. The second-order valence-electron chi connectivity index (χ2n) is 10.0. The predicted molar refractivity (Wildman–Crippen MR) is 138 cm³/mol. The fraction of sp³-hybridized carbons (Fsp3) is 0.200. The molecule has 0 N–H and O–H groups in total. The van der Waals surface area contributed by atoms with Crippen LogP contribution in [0.3, 0.4) is 0 Å². The summed E-state index contributed by atoms with van der Waals surface area (Å²) in [7, 11) is -1.78. The second kappa shape index (κ2) is 6.55. The van der Waals surface area contributed by atoms with Crippen LogP contribution in [0, 0.1) is 0 Å². The molecule has 4 aromatic carbocycles. The Morgan fingerprint density at radius 3 is 1.42 bits per heavy atom. The first-order valence-corrected chi connectivity index (χ1v) is 14.5. The summed E-state index contributed by atoms with van der Waals surface area (Å²) < 4.78 is 0. The molecule has 4 aromatic rings. The first-order chi connectivity index (χ1) is 15.0. The van der Waals surface area contributed by atoms with Gasteiger partial charge >= 0.3 is 0 Å². The highest BCUT2D eigenvalue weighted by Gasteiger charge is 2.46. The molecule has 0 aromatic heterocycles. The van der Waals surface area contributed by atoms with Gasteiger partial charge in [0.15, 0.2) is 0 Å². The topological polar surface area (TPSA) is 0 Å². The Balaban J connectivity index is 1.52. The first-order valence-electron chi connectivity index (χ1n) is 11.4. The maximum Gasteiger partial charge on any atom is 0.0722 e. The lowest BCUT2D eigenvalue weighted by Gasteiger charge is -2.39. The minimum Gasteiger partial charge on any atom is -0.0679 e. The maximum absolute atomic E-state index is 2.62. The summed E-state index contributed by atoms with van der Waals surface area (Å²) >= 11 is 0. The predicted octanol–water partition coefficient (Wildman–Crippen LogP) is 8.48. The smallest absolute Gasteiger partial charge is 0.0679 e. The average Bonchev–Trinajstić information content (AvgIpc) is 3.30. The standard InChI is InChI=1S/C30H28Si/c1-19-17-27-23-11-7-5-9-21(23)13-15-25(27)29(19)31(3,4)30-20(2)18-28-24-12-8-6-10-22(24)14-16-26(28)30/h5-18,29-30H,1-4H3. The van der Waals surface area contributed by atoms with Crippen LogP contribution in [0.1, 0.15) is 47.2 Å². The van der Waals surface area contributed by atoms with Gasteiger partial charge in [0.2, 0.25) is 0 Å². The molecule has 0 amide bonds.